The van der Waals surface area contributed by atoms with Crippen molar-refractivity contribution in [3.63, 3.8) is 0 Å². The molecule has 25 heavy (non-hydrogen) atoms. The minimum atomic E-state index is -0.782. The van der Waals surface area contributed by atoms with Crippen LogP contribution in [0.4, 0.5) is 0 Å². The summed E-state index contributed by atoms with van der Waals surface area (Å²) in [4.78, 5) is 13.9. The third-order valence-electron chi connectivity index (χ3n) is 4.79. The van der Waals surface area contributed by atoms with Crippen molar-refractivity contribution in [2.45, 2.75) is 38.3 Å². The van der Waals surface area contributed by atoms with Crippen molar-refractivity contribution >= 4 is 29.2 Å². The maximum atomic E-state index is 11.8. The second-order valence-corrected chi connectivity index (χ2v) is 7.33. The van der Waals surface area contributed by atoms with Crippen molar-refractivity contribution in [2.24, 2.45) is 0 Å². The average molecular weight is 378 g/mol. The molecular weight excluding hydrogens is 357 g/mol. The van der Waals surface area contributed by atoms with Gasteiger partial charge in [-0.15, -0.1) is 0 Å². The number of likely N-dealkylation sites (tertiary alicyclic amines) is 1. The van der Waals surface area contributed by atoms with Gasteiger partial charge in [-0.25, -0.2) is 0 Å². The summed E-state index contributed by atoms with van der Waals surface area (Å²) in [6, 6.07) is 13.0. The molecular formula is C20H21Cl2NO2. The van der Waals surface area contributed by atoms with Gasteiger partial charge in [0.05, 0.1) is 16.1 Å². The SMILES string of the molecule is Cc1cccc(C(c2cccc(Cl)c2Cl)N2CCCCC2C(=O)O)c1. The minimum absolute atomic E-state index is 0.229. The summed E-state index contributed by atoms with van der Waals surface area (Å²) in [5, 5.41) is 10.7. The monoisotopic (exact) mass is 377 g/mol. The van der Waals surface area contributed by atoms with Crippen LogP contribution in [0.1, 0.15) is 42.0 Å². The molecule has 1 heterocycles. The third kappa shape index (κ3) is 3.84. The zero-order valence-corrected chi connectivity index (χ0v) is 15.6. The van der Waals surface area contributed by atoms with Gasteiger partial charge < -0.3 is 5.11 Å². The summed E-state index contributed by atoms with van der Waals surface area (Å²) in [6.07, 6.45) is 2.55. The van der Waals surface area contributed by atoms with E-state index in [-0.39, 0.29) is 6.04 Å². The molecule has 1 N–H and O–H groups in total. The molecule has 0 aliphatic carbocycles. The molecule has 0 aromatic heterocycles. The normalized spacial score (nSPS) is 19.6. The molecule has 5 heteroatoms. The number of aryl methyl sites for hydroxylation is 1. The predicted molar refractivity (Wildman–Crippen MR) is 101 cm³/mol. The molecule has 2 unspecified atom stereocenters. The maximum Gasteiger partial charge on any atom is 0.320 e. The third-order valence-corrected chi connectivity index (χ3v) is 5.63. The summed E-state index contributed by atoms with van der Waals surface area (Å²) >= 11 is 12.8. The number of carbonyl (C=O) groups is 1. The van der Waals surface area contributed by atoms with Crippen LogP contribution in [0, 0.1) is 6.92 Å². The van der Waals surface area contributed by atoms with Gasteiger partial charge in [0.1, 0.15) is 6.04 Å². The van der Waals surface area contributed by atoms with Crippen LogP contribution in [0.2, 0.25) is 10.0 Å². The summed E-state index contributed by atoms with van der Waals surface area (Å²) in [5.74, 6) is -0.782. The van der Waals surface area contributed by atoms with Gasteiger partial charge in [0.2, 0.25) is 0 Å². The molecule has 1 fully saturated rings. The number of piperidine rings is 1. The van der Waals surface area contributed by atoms with Crippen LogP contribution >= 0.6 is 23.2 Å². The first kappa shape index (κ1) is 18.2. The van der Waals surface area contributed by atoms with Crippen LogP contribution in [0.15, 0.2) is 42.5 Å². The van der Waals surface area contributed by atoms with Crippen LogP contribution in [0.3, 0.4) is 0 Å². The summed E-state index contributed by atoms with van der Waals surface area (Å²) in [7, 11) is 0. The molecule has 1 aliphatic rings. The largest absolute Gasteiger partial charge is 0.480 e. The highest BCUT2D eigenvalue weighted by Crippen LogP contribution is 2.39. The van der Waals surface area contributed by atoms with Gasteiger partial charge in [0.15, 0.2) is 0 Å². The van der Waals surface area contributed by atoms with E-state index in [1.807, 2.05) is 37.3 Å². The molecule has 2 aromatic rings. The van der Waals surface area contributed by atoms with Crippen molar-refractivity contribution in [3.05, 3.63) is 69.2 Å². The molecule has 1 saturated heterocycles. The first-order valence-electron chi connectivity index (χ1n) is 8.48. The molecule has 132 valence electrons. The van der Waals surface area contributed by atoms with Gasteiger partial charge in [-0.1, -0.05) is 71.6 Å². The van der Waals surface area contributed by atoms with Gasteiger partial charge in [-0.2, -0.15) is 0 Å². The fraction of sp³-hybridized carbons (Fsp3) is 0.350. The number of carboxylic acids is 1. The van der Waals surface area contributed by atoms with E-state index in [1.54, 1.807) is 6.07 Å². The zero-order valence-electron chi connectivity index (χ0n) is 14.1. The first-order chi connectivity index (χ1) is 12.0. The maximum absolute atomic E-state index is 11.8. The number of halogens is 2. The first-order valence-corrected chi connectivity index (χ1v) is 9.23. The standard InChI is InChI=1S/C20H21Cl2NO2/c1-13-6-4-7-14(12-13)19(15-8-5-9-16(21)18(15)22)23-11-3-2-10-17(23)20(24)25/h4-9,12,17,19H,2-3,10-11H2,1H3,(H,24,25). The van der Waals surface area contributed by atoms with E-state index in [2.05, 4.69) is 11.0 Å². The smallest absolute Gasteiger partial charge is 0.320 e. The Hall–Kier alpha value is -1.55. The topological polar surface area (TPSA) is 40.5 Å². The highest BCUT2D eigenvalue weighted by atomic mass is 35.5. The van der Waals surface area contributed by atoms with Crippen molar-refractivity contribution in [2.75, 3.05) is 6.54 Å². The molecule has 2 atom stereocenters. The molecule has 1 aliphatic heterocycles. The molecule has 0 radical (unpaired) electrons. The van der Waals surface area contributed by atoms with Crippen molar-refractivity contribution < 1.29 is 9.90 Å². The lowest BCUT2D eigenvalue weighted by atomic mass is 9.91. The van der Waals surface area contributed by atoms with Crippen LogP contribution in [-0.2, 0) is 4.79 Å². The Kier molecular flexibility index (Phi) is 5.67. The lowest BCUT2D eigenvalue weighted by molar-refractivity contribution is -0.145. The Morgan fingerprint density at radius 2 is 1.96 bits per heavy atom. The van der Waals surface area contributed by atoms with Crippen molar-refractivity contribution in [1.29, 1.82) is 0 Å². The van der Waals surface area contributed by atoms with E-state index in [9.17, 15) is 9.90 Å². The fourth-order valence-corrected chi connectivity index (χ4v) is 4.06. The quantitative estimate of drug-likeness (QED) is 0.782. The second kappa shape index (κ2) is 7.77. The van der Waals surface area contributed by atoms with Crippen molar-refractivity contribution in [3.8, 4) is 0 Å². The Morgan fingerprint density at radius 1 is 1.20 bits per heavy atom. The Bertz CT molecular complexity index is 778. The second-order valence-electron chi connectivity index (χ2n) is 6.55. The Balaban J connectivity index is 2.15. The molecule has 2 aromatic carbocycles. The van der Waals surface area contributed by atoms with Crippen LogP contribution < -0.4 is 0 Å². The Morgan fingerprint density at radius 3 is 2.68 bits per heavy atom. The fourth-order valence-electron chi connectivity index (χ4n) is 3.65. The van der Waals surface area contributed by atoms with E-state index in [4.69, 9.17) is 23.2 Å². The summed E-state index contributed by atoms with van der Waals surface area (Å²) < 4.78 is 0. The van der Waals surface area contributed by atoms with Crippen LogP contribution in [-0.4, -0.2) is 28.6 Å². The van der Waals surface area contributed by atoms with E-state index in [1.165, 1.54) is 0 Å². The average Bonchev–Trinajstić information content (AvgIpc) is 2.59. The molecule has 0 amide bonds. The van der Waals surface area contributed by atoms with Gasteiger partial charge >= 0.3 is 5.97 Å². The lowest BCUT2D eigenvalue weighted by Crippen LogP contribution is -2.46. The number of benzene rings is 2. The number of hydrogen-bond donors (Lipinski definition) is 1. The van der Waals surface area contributed by atoms with Crippen molar-refractivity contribution in [1.82, 2.24) is 4.90 Å². The van der Waals surface area contributed by atoms with E-state index < -0.39 is 12.0 Å². The number of nitrogens with zero attached hydrogens (tertiary/aromatic N) is 1. The highest BCUT2D eigenvalue weighted by Gasteiger charge is 2.36. The lowest BCUT2D eigenvalue weighted by Gasteiger charge is -2.40. The number of carboxylic acid groups (broad SMARTS) is 1. The number of rotatable bonds is 4. The van der Waals surface area contributed by atoms with Crippen LogP contribution in [0.25, 0.3) is 0 Å². The molecule has 3 nitrogen and oxygen atoms in total. The molecule has 0 bridgehead atoms. The van der Waals surface area contributed by atoms with E-state index in [0.29, 0.717) is 16.5 Å². The van der Waals surface area contributed by atoms with Gasteiger partial charge in [-0.05, 0) is 43.5 Å². The van der Waals surface area contributed by atoms with E-state index >= 15 is 0 Å². The predicted octanol–water partition coefficient (Wildman–Crippen LogP) is 5.33. The zero-order chi connectivity index (χ0) is 18.0. The summed E-state index contributed by atoms with van der Waals surface area (Å²) in [5.41, 5.74) is 3.02. The molecule has 0 spiro atoms. The molecule has 0 saturated carbocycles. The minimum Gasteiger partial charge on any atom is -0.480 e. The van der Waals surface area contributed by atoms with Gasteiger partial charge in [0, 0.05) is 0 Å². The number of hydrogen-bond acceptors (Lipinski definition) is 2. The molecule has 3 rings (SSSR count). The van der Waals surface area contributed by atoms with E-state index in [0.717, 1.165) is 36.1 Å². The van der Waals surface area contributed by atoms with Crippen LogP contribution in [0.5, 0.6) is 0 Å². The summed E-state index contributed by atoms with van der Waals surface area (Å²) in [6.45, 7) is 2.75. The number of aliphatic carboxylic acids is 1. The highest BCUT2D eigenvalue weighted by molar-refractivity contribution is 6.42. The van der Waals surface area contributed by atoms with Gasteiger partial charge in [0.25, 0.3) is 0 Å². The van der Waals surface area contributed by atoms with Gasteiger partial charge in [-0.3, -0.25) is 9.69 Å². The Labute approximate surface area is 158 Å².